The maximum Gasteiger partial charge on any atom is 0.223 e. The van der Waals surface area contributed by atoms with Crippen molar-refractivity contribution in [3.8, 4) is 0 Å². The Kier molecular flexibility index (Phi) is 5.24. The van der Waals surface area contributed by atoms with Crippen molar-refractivity contribution in [3.63, 3.8) is 0 Å². The molecule has 0 aliphatic heterocycles. The van der Waals surface area contributed by atoms with E-state index < -0.39 is 0 Å². The van der Waals surface area contributed by atoms with Crippen molar-refractivity contribution in [1.82, 2.24) is 4.90 Å². The summed E-state index contributed by atoms with van der Waals surface area (Å²) in [6.07, 6.45) is 3.00. The maximum atomic E-state index is 12.1. The highest BCUT2D eigenvalue weighted by Crippen LogP contribution is 2.47. The van der Waals surface area contributed by atoms with E-state index in [-0.39, 0.29) is 12.5 Å². The first-order chi connectivity index (χ1) is 9.65. The maximum absolute atomic E-state index is 12.1. The summed E-state index contributed by atoms with van der Waals surface area (Å²) in [6, 6.07) is 4.05. The average molecular weight is 279 g/mol. The lowest BCUT2D eigenvalue weighted by Gasteiger charge is -2.20. The third kappa shape index (κ3) is 3.85. The lowest BCUT2D eigenvalue weighted by Crippen LogP contribution is -2.32. The number of rotatable bonds is 8. The van der Waals surface area contributed by atoms with Gasteiger partial charge < -0.3 is 14.4 Å². The molecule has 0 spiro atoms. The first-order valence-electron chi connectivity index (χ1n) is 7.63. The third-order valence-electron chi connectivity index (χ3n) is 4.06. The monoisotopic (exact) mass is 279 g/mol. The van der Waals surface area contributed by atoms with Gasteiger partial charge in [0.2, 0.25) is 5.91 Å². The number of aliphatic hydroxyl groups excluding tert-OH is 1. The van der Waals surface area contributed by atoms with Crippen molar-refractivity contribution in [1.29, 1.82) is 0 Å². The summed E-state index contributed by atoms with van der Waals surface area (Å²) in [6.45, 7) is 5.66. The molecule has 1 aromatic rings. The van der Waals surface area contributed by atoms with Crippen molar-refractivity contribution in [2.45, 2.75) is 45.4 Å². The predicted molar refractivity (Wildman–Crippen MR) is 77.5 cm³/mol. The molecule has 4 nitrogen and oxygen atoms in total. The second-order valence-corrected chi connectivity index (χ2v) is 5.67. The van der Waals surface area contributed by atoms with E-state index in [1.54, 1.807) is 4.90 Å². The normalized spacial score (nSPS) is 20.9. The van der Waals surface area contributed by atoms with Crippen molar-refractivity contribution in [2.24, 2.45) is 5.92 Å². The SMILES string of the molecule is CCN(CCCO)C(=O)CCc1ccc(C2CC2C)o1. The lowest BCUT2D eigenvalue weighted by atomic mass is 10.2. The van der Waals surface area contributed by atoms with E-state index in [0.29, 0.717) is 38.3 Å². The zero-order valence-corrected chi connectivity index (χ0v) is 12.5. The summed E-state index contributed by atoms with van der Waals surface area (Å²) in [5, 5.41) is 8.83. The summed E-state index contributed by atoms with van der Waals surface area (Å²) in [5.74, 6) is 3.46. The summed E-state index contributed by atoms with van der Waals surface area (Å²) in [5.41, 5.74) is 0. The summed E-state index contributed by atoms with van der Waals surface area (Å²) in [7, 11) is 0. The predicted octanol–water partition coefficient (Wildman–Crippen LogP) is 2.57. The molecule has 0 aromatic carbocycles. The molecule has 1 N–H and O–H groups in total. The van der Waals surface area contributed by atoms with Gasteiger partial charge in [0.1, 0.15) is 11.5 Å². The molecule has 1 aromatic heterocycles. The first-order valence-corrected chi connectivity index (χ1v) is 7.63. The zero-order chi connectivity index (χ0) is 14.5. The van der Waals surface area contributed by atoms with Gasteiger partial charge >= 0.3 is 0 Å². The Morgan fingerprint density at radius 2 is 2.25 bits per heavy atom. The topological polar surface area (TPSA) is 53.7 Å². The molecule has 2 unspecified atom stereocenters. The fourth-order valence-corrected chi connectivity index (χ4v) is 2.56. The van der Waals surface area contributed by atoms with Gasteiger partial charge in [-0.2, -0.15) is 0 Å². The van der Waals surface area contributed by atoms with Crippen molar-refractivity contribution in [3.05, 3.63) is 23.7 Å². The average Bonchev–Trinajstić information content (AvgIpc) is 3.00. The van der Waals surface area contributed by atoms with Crippen LogP contribution in [0.3, 0.4) is 0 Å². The number of hydrogen-bond donors (Lipinski definition) is 1. The van der Waals surface area contributed by atoms with E-state index in [2.05, 4.69) is 13.0 Å². The van der Waals surface area contributed by atoms with Gasteiger partial charge in [0.15, 0.2) is 0 Å². The van der Waals surface area contributed by atoms with Gasteiger partial charge in [0.25, 0.3) is 0 Å². The fraction of sp³-hybridized carbons (Fsp3) is 0.688. The third-order valence-corrected chi connectivity index (χ3v) is 4.06. The molecule has 0 bridgehead atoms. The standard InChI is InChI=1S/C16H25NO3/c1-3-17(9-4-10-18)16(19)8-6-13-5-7-15(20-13)14-11-12(14)2/h5,7,12,14,18H,3-4,6,8-11H2,1-2H3. The molecular weight excluding hydrogens is 254 g/mol. The molecule has 112 valence electrons. The van der Waals surface area contributed by atoms with Crippen LogP contribution in [0.2, 0.25) is 0 Å². The van der Waals surface area contributed by atoms with Crippen LogP contribution in [0.4, 0.5) is 0 Å². The minimum absolute atomic E-state index is 0.130. The molecule has 4 heteroatoms. The highest BCUT2D eigenvalue weighted by molar-refractivity contribution is 5.76. The number of hydrogen-bond acceptors (Lipinski definition) is 3. The molecule has 1 aliphatic rings. The zero-order valence-electron chi connectivity index (χ0n) is 12.5. The number of aliphatic hydroxyl groups is 1. The molecule has 20 heavy (non-hydrogen) atoms. The van der Waals surface area contributed by atoms with Gasteiger partial charge in [-0.05, 0) is 37.8 Å². The molecule has 1 amide bonds. The van der Waals surface area contributed by atoms with Crippen molar-refractivity contribution in [2.75, 3.05) is 19.7 Å². The Morgan fingerprint density at radius 1 is 1.50 bits per heavy atom. The molecule has 0 radical (unpaired) electrons. The van der Waals surface area contributed by atoms with E-state index >= 15 is 0 Å². The van der Waals surface area contributed by atoms with Crippen LogP contribution < -0.4 is 0 Å². The van der Waals surface area contributed by atoms with Crippen LogP contribution in [0, 0.1) is 5.92 Å². The van der Waals surface area contributed by atoms with E-state index in [1.165, 1.54) is 6.42 Å². The largest absolute Gasteiger partial charge is 0.466 e. The van der Waals surface area contributed by atoms with Gasteiger partial charge in [-0.25, -0.2) is 0 Å². The first kappa shape index (κ1) is 15.1. The summed E-state index contributed by atoms with van der Waals surface area (Å²) in [4.78, 5) is 13.9. The van der Waals surface area contributed by atoms with Gasteiger partial charge in [0, 0.05) is 38.5 Å². The highest BCUT2D eigenvalue weighted by atomic mass is 16.3. The van der Waals surface area contributed by atoms with Crippen molar-refractivity contribution < 1.29 is 14.3 Å². The summed E-state index contributed by atoms with van der Waals surface area (Å²) >= 11 is 0. The van der Waals surface area contributed by atoms with E-state index in [1.807, 2.05) is 13.0 Å². The minimum atomic E-state index is 0.130. The number of carbonyl (C=O) groups is 1. The molecule has 2 atom stereocenters. The highest BCUT2D eigenvalue weighted by Gasteiger charge is 2.36. The van der Waals surface area contributed by atoms with Gasteiger partial charge in [-0.15, -0.1) is 0 Å². The lowest BCUT2D eigenvalue weighted by molar-refractivity contribution is -0.131. The fourth-order valence-electron chi connectivity index (χ4n) is 2.56. The summed E-state index contributed by atoms with van der Waals surface area (Å²) < 4.78 is 5.81. The quantitative estimate of drug-likeness (QED) is 0.795. The Labute approximate surface area is 120 Å². The number of nitrogens with zero attached hydrogens (tertiary/aromatic N) is 1. The van der Waals surface area contributed by atoms with Gasteiger partial charge in [-0.3, -0.25) is 4.79 Å². The molecule has 1 saturated carbocycles. The molecule has 2 rings (SSSR count). The molecule has 0 saturated heterocycles. The van der Waals surface area contributed by atoms with Gasteiger partial charge in [0.05, 0.1) is 0 Å². The van der Waals surface area contributed by atoms with Crippen LogP contribution in [-0.2, 0) is 11.2 Å². The second kappa shape index (κ2) is 6.93. The number of carbonyl (C=O) groups excluding carboxylic acids is 1. The van der Waals surface area contributed by atoms with Crippen molar-refractivity contribution >= 4 is 5.91 Å². The van der Waals surface area contributed by atoms with Crippen LogP contribution in [-0.4, -0.2) is 35.6 Å². The number of furan rings is 1. The number of aryl methyl sites for hydroxylation is 1. The van der Waals surface area contributed by atoms with Gasteiger partial charge in [-0.1, -0.05) is 6.92 Å². The van der Waals surface area contributed by atoms with Crippen LogP contribution in [0.5, 0.6) is 0 Å². The Morgan fingerprint density at radius 3 is 2.85 bits per heavy atom. The van der Waals surface area contributed by atoms with E-state index in [0.717, 1.165) is 17.4 Å². The Balaban J connectivity index is 1.78. The molecule has 1 aliphatic carbocycles. The second-order valence-electron chi connectivity index (χ2n) is 5.67. The molecule has 1 heterocycles. The van der Waals surface area contributed by atoms with Crippen LogP contribution in [0.15, 0.2) is 16.5 Å². The minimum Gasteiger partial charge on any atom is -0.466 e. The Bertz CT molecular complexity index is 441. The smallest absolute Gasteiger partial charge is 0.223 e. The van der Waals surface area contributed by atoms with Crippen LogP contribution in [0.1, 0.15) is 50.5 Å². The van der Waals surface area contributed by atoms with Crippen LogP contribution >= 0.6 is 0 Å². The Hall–Kier alpha value is -1.29. The molecule has 1 fully saturated rings. The number of amides is 1. The molecular formula is C16H25NO3. The van der Waals surface area contributed by atoms with E-state index in [9.17, 15) is 4.79 Å². The van der Waals surface area contributed by atoms with E-state index in [4.69, 9.17) is 9.52 Å². The van der Waals surface area contributed by atoms with Crippen LogP contribution in [0.25, 0.3) is 0 Å².